The van der Waals surface area contributed by atoms with Crippen molar-refractivity contribution in [1.82, 2.24) is 10.2 Å². The van der Waals surface area contributed by atoms with Crippen LogP contribution in [-0.4, -0.2) is 31.1 Å². The topological polar surface area (TPSA) is 15.3 Å². The van der Waals surface area contributed by atoms with E-state index in [1.54, 1.807) is 0 Å². The Kier molecular flexibility index (Phi) is 6.08. The number of nitrogens with one attached hydrogen (secondary N) is 1. The van der Waals surface area contributed by atoms with Crippen molar-refractivity contribution in [2.45, 2.75) is 32.0 Å². The molecule has 0 aliphatic carbocycles. The smallest absolute Gasteiger partial charge is 0.311 e. The molecule has 2 nitrogen and oxygen atoms in total. The van der Waals surface area contributed by atoms with Gasteiger partial charge in [0.2, 0.25) is 0 Å². The third-order valence-electron chi connectivity index (χ3n) is 3.74. The fraction of sp³-hybridized carbons (Fsp3) is 0.600. The summed E-state index contributed by atoms with van der Waals surface area (Å²) in [4.78, 5) is 2.40. The van der Waals surface area contributed by atoms with Crippen molar-refractivity contribution in [3.05, 3.63) is 33.8 Å². The lowest BCUT2D eigenvalue weighted by molar-refractivity contribution is -0.137. The molecule has 0 atom stereocenters. The molecule has 0 radical (unpaired) electrons. The maximum Gasteiger partial charge on any atom is 0.416 e. The van der Waals surface area contributed by atoms with Crippen LogP contribution >= 0.6 is 15.9 Å². The van der Waals surface area contributed by atoms with E-state index in [0.717, 1.165) is 32.2 Å². The van der Waals surface area contributed by atoms with Gasteiger partial charge >= 0.3 is 6.18 Å². The first-order chi connectivity index (χ1) is 9.97. The van der Waals surface area contributed by atoms with E-state index in [9.17, 15) is 13.2 Å². The molecule has 0 aromatic heterocycles. The summed E-state index contributed by atoms with van der Waals surface area (Å²) in [6.07, 6.45) is -0.483. The normalized spacial score (nSPS) is 17.1. The molecule has 1 N–H and O–H groups in total. The SMILES string of the molecule is FC(F)(F)c1ccc(Br)c(CNCCN2CCCCC2)c1. The molecule has 21 heavy (non-hydrogen) atoms. The zero-order valence-corrected chi connectivity index (χ0v) is 13.4. The van der Waals surface area contributed by atoms with Gasteiger partial charge in [-0.15, -0.1) is 0 Å². The number of hydrogen-bond donors (Lipinski definition) is 1. The van der Waals surface area contributed by atoms with Crippen molar-refractivity contribution in [2.75, 3.05) is 26.2 Å². The minimum absolute atomic E-state index is 0.443. The lowest BCUT2D eigenvalue weighted by Gasteiger charge is -2.26. The highest BCUT2D eigenvalue weighted by molar-refractivity contribution is 9.10. The van der Waals surface area contributed by atoms with E-state index in [4.69, 9.17) is 0 Å². The van der Waals surface area contributed by atoms with Gasteiger partial charge in [-0.3, -0.25) is 0 Å². The predicted molar refractivity (Wildman–Crippen MR) is 81.1 cm³/mol. The molecule has 0 bridgehead atoms. The minimum Gasteiger partial charge on any atom is -0.311 e. The predicted octanol–water partition coefficient (Wildman–Crippen LogP) is 4.04. The number of piperidine rings is 1. The number of alkyl halides is 3. The van der Waals surface area contributed by atoms with Gasteiger partial charge in [0.25, 0.3) is 0 Å². The monoisotopic (exact) mass is 364 g/mol. The largest absolute Gasteiger partial charge is 0.416 e. The van der Waals surface area contributed by atoms with E-state index in [1.807, 2.05) is 0 Å². The van der Waals surface area contributed by atoms with Gasteiger partial charge in [0, 0.05) is 24.1 Å². The second kappa shape index (κ2) is 7.61. The Balaban J connectivity index is 1.82. The van der Waals surface area contributed by atoms with E-state index < -0.39 is 11.7 Å². The van der Waals surface area contributed by atoms with Gasteiger partial charge in [0.1, 0.15) is 0 Å². The first-order valence-corrected chi connectivity index (χ1v) is 8.05. The molecular formula is C15H20BrF3N2. The number of likely N-dealkylation sites (tertiary alicyclic amines) is 1. The van der Waals surface area contributed by atoms with Crippen LogP contribution in [0.1, 0.15) is 30.4 Å². The Bertz CT molecular complexity index is 457. The molecular weight excluding hydrogens is 345 g/mol. The molecule has 1 aromatic carbocycles. The highest BCUT2D eigenvalue weighted by atomic mass is 79.9. The van der Waals surface area contributed by atoms with Crippen LogP contribution in [0.15, 0.2) is 22.7 Å². The van der Waals surface area contributed by atoms with Gasteiger partial charge < -0.3 is 10.2 Å². The van der Waals surface area contributed by atoms with Crippen LogP contribution in [0.2, 0.25) is 0 Å². The van der Waals surface area contributed by atoms with E-state index in [1.165, 1.54) is 31.4 Å². The van der Waals surface area contributed by atoms with Crippen LogP contribution in [0.3, 0.4) is 0 Å². The van der Waals surface area contributed by atoms with E-state index >= 15 is 0 Å². The fourth-order valence-electron chi connectivity index (χ4n) is 2.53. The maximum absolute atomic E-state index is 12.7. The van der Waals surface area contributed by atoms with Gasteiger partial charge in [0.05, 0.1) is 5.56 Å². The number of halogens is 4. The third kappa shape index (κ3) is 5.27. The summed E-state index contributed by atoms with van der Waals surface area (Å²) in [5, 5.41) is 3.23. The Morgan fingerprint density at radius 2 is 1.86 bits per heavy atom. The highest BCUT2D eigenvalue weighted by Crippen LogP contribution is 2.31. The Labute approximate surface area is 131 Å². The molecule has 118 valence electrons. The molecule has 1 heterocycles. The van der Waals surface area contributed by atoms with E-state index in [2.05, 4.69) is 26.1 Å². The Morgan fingerprint density at radius 1 is 1.14 bits per heavy atom. The molecule has 1 saturated heterocycles. The lowest BCUT2D eigenvalue weighted by atomic mass is 10.1. The average molecular weight is 365 g/mol. The van der Waals surface area contributed by atoms with Crippen molar-refractivity contribution in [1.29, 1.82) is 0 Å². The van der Waals surface area contributed by atoms with Gasteiger partial charge in [-0.2, -0.15) is 13.2 Å². The van der Waals surface area contributed by atoms with Gasteiger partial charge in [-0.25, -0.2) is 0 Å². The minimum atomic E-state index is -4.29. The van der Waals surface area contributed by atoms with Crippen LogP contribution in [0.4, 0.5) is 13.2 Å². The third-order valence-corrected chi connectivity index (χ3v) is 4.52. The van der Waals surface area contributed by atoms with Crippen LogP contribution in [0.5, 0.6) is 0 Å². The van der Waals surface area contributed by atoms with Crippen molar-refractivity contribution < 1.29 is 13.2 Å². The molecule has 2 rings (SSSR count). The van der Waals surface area contributed by atoms with Crippen LogP contribution in [-0.2, 0) is 12.7 Å². The van der Waals surface area contributed by atoms with Crippen LogP contribution in [0.25, 0.3) is 0 Å². The first kappa shape index (κ1) is 16.8. The van der Waals surface area contributed by atoms with Crippen LogP contribution in [0, 0.1) is 0 Å². The number of hydrogen-bond acceptors (Lipinski definition) is 2. The maximum atomic E-state index is 12.7. The summed E-state index contributed by atoms with van der Waals surface area (Å²) in [6.45, 7) is 4.46. The lowest BCUT2D eigenvalue weighted by Crippen LogP contribution is -2.35. The molecule has 6 heteroatoms. The number of nitrogens with zero attached hydrogens (tertiary/aromatic N) is 1. The zero-order valence-electron chi connectivity index (χ0n) is 11.8. The van der Waals surface area contributed by atoms with E-state index in [0.29, 0.717) is 16.6 Å². The second-order valence-corrected chi connectivity index (χ2v) is 6.24. The molecule has 0 unspecified atom stereocenters. The second-order valence-electron chi connectivity index (χ2n) is 5.38. The van der Waals surface area contributed by atoms with Gasteiger partial charge in [0.15, 0.2) is 0 Å². The van der Waals surface area contributed by atoms with Crippen molar-refractivity contribution >= 4 is 15.9 Å². The summed E-state index contributed by atoms with van der Waals surface area (Å²) in [7, 11) is 0. The average Bonchev–Trinajstić information content (AvgIpc) is 2.45. The molecule has 1 fully saturated rings. The first-order valence-electron chi connectivity index (χ1n) is 7.25. The van der Waals surface area contributed by atoms with Crippen molar-refractivity contribution in [3.8, 4) is 0 Å². The van der Waals surface area contributed by atoms with Crippen molar-refractivity contribution in [3.63, 3.8) is 0 Å². The summed E-state index contributed by atoms with van der Waals surface area (Å²) < 4.78 is 38.8. The molecule has 1 aliphatic heterocycles. The summed E-state index contributed by atoms with van der Waals surface area (Å²) >= 11 is 3.31. The molecule has 1 aromatic rings. The molecule has 0 amide bonds. The quantitative estimate of drug-likeness (QED) is 0.793. The van der Waals surface area contributed by atoms with Crippen molar-refractivity contribution in [2.24, 2.45) is 0 Å². The Morgan fingerprint density at radius 3 is 2.52 bits per heavy atom. The highest BCUT2D eigenvalue weighted by Gasteiger charge is 2.30. The molecule has 1 aliphatic rings. The van der Waals surface area contributed by atoms with Gasteiger partial charge in [-0.1, -0.05) is 22.4 Å². The zero-order chi connectivity index (χ0) is 15.3. The van der Waals surface area contributed by atoms with Crippen LogP contribution < -0.4 is 5.32 Å². The van der Waals surface area contributed by atoms with E-state index in [-0.39, 0.29) is 0 Å². The molecule has 0 spiro atoms. The standard InChI is InChI=1S/C15H20BrF3N2/c16-14-5-4-13(15(17,18)19)10-12(14)11-20-6-9-21-7-2-1-3-8-21/h4-5,10,20H,1-3,6-9,11H2. The summed E-state index contributed by atoms with van der Waals surface area (Å²) in [6, 6.07) is 3.77. The number of benzene rings is 1. The van der Waals surface area contributed by atoms with Gasteiger partial charge in [-0.05, 0) is 49.7 Å². The number of rotatable bonds is 5. The molecule has 0 saturated carbocycles. The Hall–Kier alpha value is -0.590. The summed E-state index contributed by atoms with van der Waals surface area (Å²) in [5.41, 5.74) is 0.0435. The fourth-order valence-corrected chi connectivity index (χ4v) is 2.92. The summed E-state index contributed by atoms with van der Waals surface area (Å²) in [5.74, 6) is 0.